The number of hydrogen-bond acceptors (Lipinski definition) is 11. The number of pyridine rings is 8. The topological polar surface area (TPSA) is 138 Å². The van der Waals surface area contributed by atoms with Gasteiger partial charge in [0, 0.05) is 120 Å². The Balaban J connectivity index is 0.00000136. The minimum absolute atomic E-state index is 0. The van der Waals surface area contributed by atoms with Crippen molar-refractivity contribution in [2.45, 2.75) is 351 Å². The first-order valence-corrected chi connectivity index (χ1v) is 44.7. The highest BCUT2D eigenvalue weighted by atomic mass is 79.9. The second kappa shape index (κ2) is 53.8. The largest absolute Gasteiger partial charge is 0.494 e. The molecule has 0 aliphatic heterocycles. The normalized spacial score (nSPS) is 11.7. The van der Waals surface area contributed by atoms with Gasteiger partial charge in [-0.3, -0.25) is 39.9 Å². The Labute approximate surface area is 777 Å². The van der Waals surface area contributed by atoms with Crippen LogP contribution in [0.25, 0.3) is 0 Å². The van der Waals surface area contributed by atoms with Crippen molar-refractivity contribution in [3.8, 4) is 5.75 Å². The molecule has 0 saturated heterocycles. The summed E-state index contributed by atoms with van der Waals surface area (Å²) in [5, 5.41) is 0.335. The van der Waals surface area contributed by atoms with E-state index in [4.69, 9.17) is 21.3 Å². The second-order valence-corrected chi connectivity index (χ2v) is 41.3. The molecular formula is C110H161BrClF3N10O. The van der Waals surface area contributed by atoms with Crippen LogP contribution in [0.15, 0.2) is 187 Å². The number of aromatic nitrogens is 10. The zero-order valence-corrected chi connectivity index (χ0v) is 85.2. The number of ether oxygens (including phenoxy) is 1. The van der Waals surface area contributed by atoms with Crippen molar-refractivity contribution in [1.82, 2.24) is 49.8 Å². The van der Waals surface area contributed by atoms with E-state index in [2.05, 4.69) is 298 Å². The lowest BCUT2D eigenvalue weighted by Crippen LogP contribution is -2.15. The average molecular weight is 1810 g/mol. The molecule has 692 valence electrons. The Hall–Kier alpha value is -8.92. The van der Waals surface area contributed by atoms with E-state index >= 15 is 0 Å². The van der Waals surface area contributed by atoms with Gasteiger partial charge in [-0.05, 0) is 237 Å². The first-order valence-electron chi connectivity index (χ1n) is 43.6. The molecule has 1 fully saturated rings. The standard InChI is InChI=1S/C12H17N.C11H15F.C10H13FO.4C10H15N.C9H11ClFN.2C9H13N.C8H11BrN2.2CH4/c1-12(2,3)11-6-4-5-10(13-11)9-7-8-9;1-8-6-5-7-9(10(8)12)11(2,3)4;1-7(2)8-5-4-6-9(12-3)10(8)11;1-8-5-9(7-11-6-8)10(2,3)4;3*1-8-6-5-7-9(11-8)10(2,3)4;1-9(2,3)8-6(11)4-5-7(10)12-8;2*1-7(2)9-6-4-5-8(3)10-9;1-5(2)7-4-10-6(3)8(9)11-7;;/h4-6,9H,7-8H2,1-3H3;5-7H,1-4H3;4-7H,1-3H3;4*5-7H,1-4H3;4-5H,1-3H3;2*4-7H,1-3H3;4-5H,1-3H3;2*1H4. The molecule has 0 bridgehead atoms. The van der Waals surface area contributed by atoms with Gasteiger partial charge in [-0.25, -0.2) is 23.1 Å². The highest BCUT2D eigenvalue weighted by Crippen LogP contribution is 2.40. The molecule has 1 aliphatic rings. The summed E-state index contributed by atoms with van der Waals surface area (Å²) in [5.41, 5.74) is 21.5. The van der Waals surface area contributed by atoms with Crippen LogP contribution < -0.4 is 4.74 Å². The molecular weight excluding hydrogens is 1650 g/mol. The maximum atomic E-state index is 13.5. The summed E-state index contributed by atoms with van der Waals surface area (Å²) in [6, 6.07) is 52.9. The van der Waals surface area contributed by atoms with Gasteiger partial charge in [0.25, 0.3) is 0 Å². The molecule has 0 spiro atoms. The van der Waals surface area contributed by atoms with Gasteiger partial charge < -0.3 is 4.74 Å². The number of hydrogen-bond donors (Lipinski definition) is 0. The lowest BCUT2D eigenvalue weighted by Gasteiger charge is -2.20. The Morgan fingerprint density at radius 3 is 1.07 bits per heavy atom. The van der Waals surface area contributed by atoms with Gasteiger partial charge in [0.2, 0.25) is 0 Å². The molecule has 0 amide bonds. The number of halogens is 5. The molecule has 126 heavy (non-hydrogen) atoms. The molecule has 11 nitrogen and oxygen atoms in total. The summed E-state index contributed by atoms with van der Waals surface area (Å²) < 4.78 is 45.8. The monoisotopic (exact) mass is 1810 g/mol. The van der Waals surface area contributed by atoms with E-state index in [0.29, 0.717) is 39.9 Å². The van der Waals surface area contributed by atoms with Crippen molar-refractivity contribution in [3.05, 3.63) is 323 Å². The zero-order valence-electron chi connectivity index (χ0n) is 82.9. The highest BCUT2D eigenvalue weighted by Gasteiger charge is 2.27. The quantitative estimate of drug-likeness (QED) is 0.147. The van der Waals surface area contributed by atoms with Crippen LogP contribution in [-0.4, -0.2) is 56.9 Å². The summed E-state index contributed by atoms with van der Waals surface area (Å²) in [5.74, 6) is 2.20. The van der Waals surface area contributed by atoms with E-state index in [1.165, 1.54) is 66.0 Å². The smallest absolute Gasteiger partial charge is 0.168 e. The van der Waals surface area contributed by atoms with Crippen LogP contribution in [0.5, 0.6) is 5.75 Å². The second-order valence-electron chi connectivity index (χ2n) is 40.2. The lowest BCUT2D eigenvalue weighted by molar-refractivity contribution is 0.383. The Bertz CT molecular complexity index is 4700. The minimum atomic E-state index is -0.299. The molecule has 1 aliphatic carbocycles. The van der Waals surface area contributed by atoms with E-state index in [1.807, 2.05) is 158 Å². The maximum absolute atomic E-state index is 13.5. The summed E-state index contributed by atoms with van der Waals surface area (Å²) in [7, 11) is 1.47. The lowest BCUT2D eigenvalue weighted by atomic mass is 9.86. The van der Waals surface area contributed by atoms with E-state index < -0.39 is 0 Å². The van der Waals surface area contributed by atoms with E-state index in [-0.39, 0.29) is 76.1 Å². The van der Waals surface area contributed by atoms with Gasteiger partial charge in [-0.2, -0.15) is 0 Å². The summed E-state index contributed by atoms with van der Waals surface area (Å²) in [6.45, 7) is 77.2. The molecule has 11 aromatic rings. The summed E-state index contributed by atoms with van der Waals surface area (Å²) >= 11 is 8.99. The predicted octanol–water partition coefficient (Wildman–Crippen LogP) is 32.5. The van der Waals surface area contributed by atoms with E-state index in [9.17, 15) is 13.2 Å². The van der Waals surface area contributed by atoms with Crippen LogP contribution >= 0.6 is 27.5 Å². The Morgan fingerprint density at radius 1 is 0.381 bits per heavy atom. The Morgan fingerprint density at radius 2 is 0.770 bits per heavy atom. The predicted molar refractivity (Wildman–Crippen MR) is 539 cm³/mol. The molecule has 16 heteroatoms. The average Bonchev–Trinajstić information content (AvgIpc) is 0.859. The first-order chi connectivity index (χ1) is 57.1. The van der Waals surface area contributed by atoms with Gasteiger partial charge in [-0.1, -0.05) is 300 Å². The van der Waals surface area contributed by atoms with Gasteiger partial charge >= 0.3 is 0 Å². The van der Waals surface area contributed by atoms with Crippen molar-refractivity contribution < 1.29 is 17.9 Å². The summed E-state index contributed by atoms with van der Waals surface area (Å²) in [6.07, 6.45) is 8.31. The fourth-order valence-corrected chi connectivity index (χ4v) is 11.6. The van der Waals surface area contributed by atoms with Crippen LogP contribution in [0, 0.1) is 72.8 Å². The molecule has 0 atom stereocenters. The molecule has 1 saturated carbocycles. The third kappa shape index (κ3) is 45.2. The number of benzene rings is 2. The Kier molecular flexibility index (Phi) is 50.0. The van der Waals surface area contributed by atoms with E-state index in [0.717, 1.165) is 78.6 Å². The molecule has 9 heterocycles. The number of methoxy groups -OCH3 is 1. The van der Waals surface area contributed by atoms with Crippen molar-refractivity contribution in [2.75, 3.05) is 7.11 Å². The number of nitrogens with zero attached hydrogens (tertiary/aromatic N) is 10. The van der Waals surface area contributed by atoms with Crippen molar-refractivity contribution >= 4 is 27.5 Å². The number of aryl methyl sites for hydroxylation is 8. The van der Waals surface area contributed by atoms with Crippen LogP contribution in [0.4, 0.5) is 13.2 Å². The SMILES string of the molecule is C.C.CC(C)(C)c1cccc(C2CC2)n1.CC(C)(C)c1nc(Cl)ccc1F.COc1cccc(C(C)C)c1F.Cc1cccc(C(C)(C)C)c1F.Cc1cccc(C(C)(C)C)n1.Cc1cccc(C(C)(C)C)n1.Cc1cccc(C(C)(C)C)n1.Cc1cccc(C(C)C)n1.Cc1cccc(C(C)C)n1.Cc1cncc(C(C)(C)C)c1.Cc1ncc(C(C)C)nc1Br. The molecule has 0 N–H and O–H groups in total. The molecule has 9 aromatic heterocycles. The van der Waals surface area contributed by atoms with Crippen molar-refractivity contribution in [2.24, 2.45) is 0 Å². The molecule has 2 aromatic carbocycles. The maximum Gasteiger partial charge on any atom is 0.168 e. The number of rotatable bonds is 6. The van der Waals surface area contributed by atoms with Crippen molar-refractivity contribution in [3.63, 3.8) is 0 Å². The van der Waals surface area contributed by atoms with Crippen molar-refractivity contribution in [1.29, 1.82) is 0 Å². The third-order valence-corrected chi connectivity index (χ3v) is 20.1. The fourth-order valence-electron chi connectivity index (χ4n) is 11.1. The van der Waals surface area contributed by atoms with E-state index in [1.54, 1.807) is 31.2 Å². The summed E-state index contributed by atoms with van der Waals surface area (Å²) in [4.78, 5) is 43.4. The first kappa shape index (κ1) is 117. The highest BCUT2D eigenvalue weighted by molar-refractivity contribution is 9.10. The van der Waals surface area contributed by atoms with Crippen LogP contribution in [-0.2, 0) is 37.9 Å². The molecule has 12 rings (SSSR count). The van der Waals surface area contributed by atoms with Gasteiger partial charge in [-0.15, -0.1) is 0 Å². The van der Waals surface area contributed by atoms with Crippen LogP contribution in [0.3, 0.4) is 0 Å². The fraction of sp³-hybridized carbons (Fsp3) is 0.491. The van der Waals surface area contributed by atoms with Crippen LogP contribution in [0.2, 0.25) is 5.15 Å². The van der Waals surface area contributed by atoms with Gasteiger partial charge in [0.05, 0.1) is 24.2 Å². The van der Waals surface area contributed by atoms with Gasteiger partial charge in [0.15, 0.2) is 11.6 Å². The van der Waals surface area contributed by atoms with Crippen LogP contribution in [0.1, 0.15) is 371 Å². The molecule has 0 unspecified atom stereocenters. The zero-order chi connectivity index (χ0) is 94.8. The van der Waals surface area contributed by atoms with Gasteiger partial charge in [0.1, 0.15) is 21.4 Å². The third-order valence-electron chi connectivity index (χ3n) is 19.1. The molecule has 0 radical (unpaired) electrons. The minimum Gasteiger partial charge on any atom is -0.494 e.